The monoisotopic (exact) mass is 290 g/mol. The van der Waals surface area contributed by atoms with Gasteiger partial charge in [-0.15, -0.1) is 0 Å². The lowest BCUT2D eigenvalue weighted by Gasteiger charge is -2.34. The quantitative estimate of drug-likeness (QED) is 0.937. The number of rotatable bonds is 3. The van der Waals surface area contributed by atoms with Crippen molar-refractivity contribution in [3.05, 3.63) is 36.0 Å². The van der Waals surface area contributed by atoms with Gasteiger partial charge in [0.05, 0.1) is 6.54 Å². The van der Waals surface area contributed by atoms with Gasteiger partial charge in [0.15, 0.2) is 0 Å². The zero-order valence-corrected chi connectivity index (χ0v) is 12.0. The van der Waals surface area contributed by atoms with Gasteiger partial charge in [0.25, 0.3) is 0 Å². The van der Waals surface area contributed by atoms with Crippen LogP contribution in [0.4, 0.5) is 4.39 Å². The summed E-state index contributed by atoms with van der Waals surface area (Å²) >= 11 is 0. The maximum absolute atomic E-state index is 12.9. The lowest BCUT2D eigenvalue weighted by Crippen LogP contribution is -2.47. The van der Waals surface area contributed by atoms with Crippen LogP contribution in [0, 0.1) is 11.7 Å². The van der Waals surface area contributed by atoms with Crippen molar-refractivity contribution in [1.29, 1.82) is 0 Å². The number of likely N-dealkylation sites (tertiary alicyclic amines) is 1. The molecular formula is C15H19FN4O. The topological polar surface area (TPSA) is 68.2 Å². The number of piperidine rings is 1. The van der Waals surface area contributed by atoms with Gasteiger partial charge in [-0.3, -0.25) is 4.90 Å². The number of nitrogens with two attached hydrogens (primary N) is 1. The van der Waals surface area contributed by atoms with Crippen molar-refractivity contribution in [2.45, 2.75) is 25.9 Å². The third kappa shape index (κ3) is 3.28. The lowest BCUT2D eigenvalue weighted by molar-refractivity contribution is 0.146. The molecule has 3 rings (SSSR count). The Morgan fingerprint density at radius 3 is 2.86 bits per heavy atom. The third-order valence-electron chi connectivity index (χ3n) is 4.03. The molecule has 0 aliphatic carbocycles. The van der Waals surface area contributed by atoms with Gasteiger partial charge in [-0.25, -0.2) is 4.39 Å². The molecule has 1 fully saturated rings. The molecule has 0 saturated carbocycles. The Balaban J connectivity index is 1.66. The normalized spacial score (nSPS) is 23.4. The molecule has 0 amide bonds. The summed E-state index contributed by atoms with van der Waals surface area (Å²) < 4.78 is 18.2. The highest BCUT2D eigenvalue weighted by atomic mass is 19.1. The fourth-order valence-corrected chi connectivity index (χ4v) is 2.54. The predicted molar refractivity (Wildman–Crippen MR) is 76.7 cm³/mol. The molecule has 0 bridgehead atoms. The minimum absolute atomic E-state index is 0.193. The van der Waals surface area contributed by atoms with E-state index < -0.39 is 0 Å². The molecule has 0 spiro atoms. The predicted octanol–water partition coefficient (Wildman–Crippen LogP) is 2.04. The van der Waals surface area contributed by atoms with Crippen molar-refractivity contribution < 1.29 is 8.91 Å². The zero-order valence-electron chi connectivity index (χ0n) is 12.0. The molecule has 21 heavy (non-hydrogen) atoms. The van der Waals surface area contributed by atoms with E-state index in [4.69, 9.17) is 10.3 Å². The van der Waals surface area contributed by atoms with Crippen LogP contribution >= 0.6 is 0 Å². The Morgan fingerprint density at radius 2 is 2.14 bits per heavy atom. The van der Waals surface area contributed by atoms with E-state index in [1.54, 1.807) is 12.1 Å². The van der Waals surface area contributed by atoms with Crippen LogP contribution in [0.25, 0.3) is 11.4 Å². The first-order valence-electron chi connectivity index (χ1n) is 7.18. The van der Waals surface area contributed by atoms with Crippen LogP contribution in [0.1, 0.15) is 19.2 Å². The number of benzene rings is 1. The van der Waals surface area contributed by atoms with Crippen molar-refractivity contribution in [3.63, 3.8) is 0 Å². The maximum atomic E-state index is 12.9. The SMILES string of the molecule is CC1CCN(Cc2nc(-c3ccc(F)cc3)no2)CC1N. The van der Waals surface area contributed by atoms with Gasteiger partial charge in [-0.2, -0.15) is 4.98 Å². The van der Waals surface area contributed by atoms with E-state index in [0.717, 1.165) is 25.1 Å². The smallest absolute Gasteiger partial charge is 0.241 e. The Morgan fingerprint density at radius 1 is 1.38 bits per heavy atom. The van der Waals surface area contributed by atoms with E-state index in [0.29, 0.717) is 24.2 Å². The highest BCUT2D eigenvalue weighted by Gasteiger charge is 2.24. The molecule has 1 aliphatic rings. The molecule has 1 saturated heterocycles. The second kappa shape index (κ2) is 5.91. The second-order valence-electron chi connectivity index (χ2n) is 5.68. The summed E-state index contributed by atoms with van der Waals surface area (Å²) in [7, 11) is 0. The number of halogens is 1. The molecular weight excluding hydrogens is 271 g/mol. The first-order chi connectivity index (χ1) is 10.1. The summed E-state index contributed by atoms with van der Waals surface area (Å²) in [5.74, 6) is 1.33. The summed E-state index contributed by atoms with van der Waals surface area (Å²) in [5.41, 5.74) is 6.83. The number of hydrogen-bond donors (Lipinski definition) is 1. The van der Waals surface area contributed by atoms with Crippen LogP contribution in [0.5, 0.6) is 0 Å². The van der Waals surface area contributed by atoms with Crippen molar-refractivity contribution in [2.24, 2.45) is 11.7 Å². The molecule has 2 atom stereocenters. The molecule has 6 heteroatoms. The van der Waals surface area contributed by atoms with Crippen molar-refractivity contribution in [1.82, 2.24) is 15.0 Å². The molecule has 1 aliphatic heterocycles. The average molecular weight is 290 g/mol. The van der Waals surface area contributed by atoms with Crippen LogP contribution < -0.4 is 5.73 Å². The molecule has 0 radical (unpaired) electrons. The van der Waals surface area contributed by atoms with Gasteiger partial charge < -0.3 is 10.3 Å². The van der Waals surface area contributed by atoms with E-state index in [-0.39, 0.29) is 11.9 Å². The summed E-state index contributed by atoms with van der Waals surface area (Å²) in [5, 5.41) is 3.95. The Bertz CT molecular complexity index is 598. The summed E-state index contributed by atoms with van der Waals surface area (Å²) in [4.78, 5) is 6.59. The molecule has 1 aromatic carbocycles. The van der Waals surface area contributed by atoms with Crippen molar-refractivity contribution >= 4 is 0 Å². The average Bonchev–Trinajstić information content (AvgIpc) is 2.92. The van der Waals surface area contributed by atoms with Gasteiger partial charge in [-0.05, 0) is 43.1 Å². The fourth-order valence-electron chi connectivity index (χ4n) is 2.54. The third-order valence-corrected chi connectivity index (χ3v) is 4.03. The largest absolute Gasteiger partial charge is 0.338 e. The molecule has 2 N–H and O–H groups in total. The van der Waals surface area contributed by atoms with Gasteiger partial charge >= 0.3 is 0 Å². The van der Waals surface area contributed by atoms with Crippen molar-refractivity contribution in [2.75, 3.05) is 13.1 Å². The van der Waals surface area contributed by atoms with E-state index in [1.807, 2.05) is 0 Å². The maximum Gasteiger partial charge on any atom is 0.241 e. The fraction of sp³-hybridized carbons (Fsp3) is 0.467. The zero-order chi connectivity index (χ0) is 14.8. The molecule has 5 nitrogen and oxygen atoms in total. The summed E-state index contributed by atoms with van der Waals surface area (Å²) in [6, 6.07) is 6.25. The first kappa shape index (κ1) is 14.2. The Labute approximate surface area is 122 Å². The van der Waals surface area contributed by atoms with Gasteiger partial charge in [0.2, 0.25) is 11.7 Å². The van der Waals surface area contributed by atoms with E-state index in [1.165, 1.54) is 12.1 Å². The second-order valence-corrected chi connectivity index (χ2v) is 5.68. The lowest BCUT2D eigenvalue weighted by atomic mass is 9.94. The highest BCUT2D eigenvalue weighted by Crippen LogP contribution is 2.19. The van der Waals surface area contributed by atoms with Crippen LogP contribution in [-0.2, 0) is 6.54 Å². The summed E-state index contributed by atoms with van der Waals surface area (Å²) in [6.07, 6.45) is 1.08. The first-order valence-corrected chi connectivity index (χ1v) is 7.18. The van der Waals surface area contributed by atoms with E-state index in [9.17, 15) is 4.39 Å². The highest BCUT2D eigenvalue weighted by molar-refractivity contribution is 5.53. The van der Waals surface area contributed by atoms with Gasteiger partial charge in [0, 0.05) is 18.2 Å². The van der Waals surface area contributed by atoms with E-state index >= 15 is 0 Å². The molecule has 1 aromatic heterocycles. The van der Waals surface area contributed by atoms with Crippen molar-refractivity contribution in [3.8, 4) is 11.4 Å². The molecule has 112 valence electrons. The Hall–Kier alpha value is -1.79. The van der Waals surface area contributed by atoms with Crippen LogP contribution in [-0.4, -0.2) is 34.2 Å². The standard InChI is InChI=1S/C15H19FN4O/c1-10-6-7-20(8-13(10)17)9-14-18-15(19-21-14)11-2-4-12(16)5-3-11/h2-5,10,13H,6-9,17H2,1H3. The number of hydrogen-bond acceptors (Lipinski definition) is 5. The minimum Gasteiger partial charge on any atom is -0.338 e. The Kier molecular flexibility index (Phi) is 3.98. The van der Waals surface area contributed by atoms with Gasteiger partial charge in [0.1, 0.15) is 5.82 Å². The molecule has 2 unspecified atom stereocenters. The number of nitrogens with zero attached hydrogens (tertiary/aromatic N) is 3. The van der Waals surface area contributed by atoms with Crippen LogP contribution in [0.2, 0.25) is 0 Å². The van der Waals surface area contributed by atoms with Crippen LogP contribution in [0.15, 0.2) is 28.8 Å². The molecule has 2 aromatic rings. The van der Waals surface area contributed by atoms with E-state index in [2.05, 4.69) is 22.0 Å². The summed E-state index contributed by atoms with van der Waals surface area (Å²) in [6.45, 7) is 4.62. The van der Waals surface area contributed by atoms with Crippen LogP contribution in [0.3, 0.4) is 0 Å². The van der Waals surface area contributed by atoms with Gasteiger partial charge in [-0.1, -0.05) is 12.1 Å². The number of aromatic nitrogens is 2. The molecule has 2 heterocycles. The minimum atomic E-state index is -0.279.